The summed E-state index contributed by atoms with van der Waals surface area (Å²) in [5, 5.41) is 3.02. The molecule has 0 fully saturated rings. The van der Waals surface area contributed by atoms with Gasteiger partial charge in [-0.1, -0.05) is 53.8 Å². The van der Waals surface area contributed by atoms with Crippen LogP contribution in [0.1, 0.15) is 16.6 Å². The van der Waals surface area contributed by atoms with E-state index in [-0.39, 0.29) is 13.2 Å². The lowest BCUT2D eigenvalue weighted by Crippen LogP contribution is -2.40. The number of fused-ring (bicyclic) bond motifs is 1. The molecule has 1 aliphatic heterocycles. The molecule has 4 rings (SSSR count). The van der Waals surface area contributed by atoms with E-state index >= 15 is 0 Å². The number of benzene rings is 2. The highest BCUT2D eigenvalue weighted by Gasteiger charge is 2.29. The number of nitrogens with one attached hydrogen (secondary N) is 1. The number of aromatic nitrogens is 1. The van der Waals surface area contributed by atoms with E-state index in [0.717, 1.165) is 16.9 Å². The van der Waals surface area contributed by atoms with Crippen LogP contribution in [0.5, 0.6) is 11.5 Å². The zero-order valence-electron chi connectivity index (χ0n) is 15.6. The lowest BCUT2D eigenvalue weighted by Gasteiger charge is -2.25. The molecule has 7 nitrogen and oxygen atoms in total. The van der Waals surface area contributed by atoms with E-state index in [0.29, 0.717) is 27.2 Å². The monoisotopic (exact) mass is 410 g/mol. The fourth-order valence-corrected chi connectivity index (χ4v) is 3.72. The zero-order valence-corrected chi connectivity index (χ0v) is 16.4. The summed E-state index contributed by atoms with van der Waals surface area (Å²) in [5.74, 6) is 0.232. The molecule has 0 bridgehead atoms. The van der Waals surface area contributed by atoms with Crippen molar-refractivity contribution in [2.24, 2.45) is 0 Å². The minimum absolute atomic E-state index is 0.0878. The maximum atomic E-state index is 12.7. The van der Waals surface area contributed by atoms with Gasteiger partial charge in [0.1, 0.15) is 11.5 Å². The quantitative estimate of drug-likeness (QED) is 0.645. The fraction of sp³-hybridized carbons (Fsp3) is 0.190. The Bertz CT molecular complexity index is 1030. The van der Waals surface area contributed by atoms with Gasteiger partial charge in [0.25, 0.3) is 5.91 Å². The highest BCUT2D eigenvalue weighted by Crippen LogP contribution is 2.33. The number of hydrogen-bond donors (Lipinski definition) is 1. The van der Waals surface area contributed by atoms with E-state index in [9.17, 15) is 9.59 Å². The molecular weight excluding hydrogens is 392 g/mol. The number of anilines is 1. The van der Waals surface area contributed by atoms with Crippen LogP contribution in [0.4, 0.5) is 5.13 Å². The topological polar surface area (TPSA) is 86.8 Å². The van der Waals surface area contributed by atoms with Crippen molar-refractivity contribution in [3.63, 3.8) is 0 Å². The number of rotatable bonds is 5. The number of para-hydroxylation sites is 2. The third kappa shape index (κ3) is 4.07. The first-order valence-electron chi connectivity index (χ1n) is 9.08. The van der Waals surface area contributed by atoms with E-state index < -0.39 is 18.0 Å². The number of amides is 1. The molecule has 0 spiro atoms. The molecule has 0 saturated carbocycles. The van der Waals surface area contributed by atoms with Gasteiger partial charge in [-0.25, -0.2) is 9.78 Å². The van der Waals surface area contributed by atoms with Crippen LogP contribution in [0.15, 0.2) is 54.6 Å². The minimum Gasteiger partial charge on any atom is -0.485 e. The van der Waals surface area contributed by atoms with Crippen LogP contribution in [0, 0.1) is 0 Å². The molecule has 1 amide bonds. The summed E-state index contributed by atoms with van der Waals surface area (Å²) in [5.41, 5.74) is 1.23. The Hall–Kier alpha value is -3.39. The van der Waals surface area contributed by atoms with Crippen molar-refractivity contribution in [3.8, 4) is 22.8 Å². The number of ether oxygens (including phenoxy) is 3. The van der Waals surface area contributed by atoms with Crippen molar-refractivity contribution in [1.29, 1.82) is 0 Å². The van der Waals surface area contributed by atoms with Gasteiger partial charge in [-0.05, 0) is 19.1 Å². The van der Waals surface area contributed by atoms with Gasteiger partial charge in [0.05, 0.1) is 12.3 Å². The summed E-state index contributed by atoms with van der Waals surface area (Å²) < 4.78 is 16.4. The molecule has 1 aromatic heterocycles. The van der Waals surface area contributed by atoms with Gasteiger partial charge < -0.3 is 14.2 Å². The molecule has 1 aliphatic rings. The van der Waals surface area contributed by atoms with Crippen LogP contribution in [0.3, 0.4) is 0 Å². The van der Waals surface area contributed by atoms with Crippen molar-refractivity contribution in [1.82, 2.24) is 4.98 Å². The second-order valence-corrected chi connectivity index (χ2v) is 7.14. The molecule has 0 unspecified atom stereocenters. The van der Waals surface area contributed by atoms with Gasteiger partial charge in [0, 0.05) is 5.56 Å². The molecule has 0 saturated heterocycles. The molecule has 8 heteroatoms. The summed E-state index contributed by atoms with van der Waals surface area (Å²) >= 11 is 1.07. The SMILES string of the molecule is CCOC(=O)c1sc(NC(=O)[C@@H]2COc3ccccc3O2)nc1-c1ccccc1. The minimum atomic E-state index is -0.819. The Labute approximate surface area is 171 Å². The first kappa shape index (κ1) is 18.9. The molecule has 1 atom stereocenters. The molecule has 2 heterocycles. The van der Waals surface area contributed by atoms with E-state index in [1.807, 2.05) is 36.4 Å². The second kappa shape index (κ2) is 8.32. The normalized spacial score (nSPS) is 14.9. The Kier molecular flexibility index (Phi) is 5.44. The molecule has 3 aromatic rings. The maximum absolute atomic E-state index is 12.7. The maximum Gasteiger partial charge on any atom is 0.350 e. The van der Waals surface area contributed by atoms with Crippen LogP contribution in [0.25, 0.3) is 11.3 Å². The summed E-state index contributed by atoms with van der Waals surface area (Å²) in [6, 6.07) is 16.4. The molecule has 148 valence electrons. The Morgan fingerprint density at radius 3 is 2.62 bits per heavy atom. The zero-order chi connectivity index (χ0) is 20.2. The molecule has 2 aromatic carbocycles. The van der Waals surface area contributed by atoms with Crippen LogP contribution in [0.2, 0.25) is 0 Å². The Morgan fingerprint density at radius 1 is 1.14 bits per heavy atom. The summed E-state index contributed by atoms with van der Waals surface area (Å²) in [7, 11) is 0. The van der Waals surface area contributed by atoms with Crippen molar-refractivity contribution < 1.29 is 23.8 Å². The van der Waals surface area contributed by atoms with E-state index in [1.165, 1.54) is 0 Å². The third-order valence-corrected chi connectivity index (χ3v) is 5.12. The molecule has 0 radical (unpaired) electrons. The third-order valence-electron chi connectivity index (χ3n) is 4.17. The predicted octanol–water partition coefficient (Wildman–Crippen LogP) is 3.77. The second-order valence-electron chi connectivity index (χ2n) is 6.14. The molecule has 29 heavy (non-hydrogen) atoms. The van der Waals surface area contributed by atoms with Crippen molar-refractivity contribution in [3.05, 3.63) is 59.5 Å². The van der Waals surface area contributed by atoms with E-state index in [1.54, 1.807) is 25.1 Å². The van der Waals surface area contributed by atoms with Crippen molar-refractivity contribution in [2.45, 2.75) is 13.0 Å². The van der Waals surface area contributed by atoms with Gasteiger partial charge in [-0.3, -0.25) is 10.1 Å². The van der Waals surface area contributed by atoms with Gasteiger partial charge in [-0.2, -0.15) is 0 Å². The summed E-state index contributed by atoms with van der Waals surface area (Å²) in [6.07, 6.45) is -0.819. The Morgan fingerprint density at radius 2 is 1.86 bits per heavy atom. The smallest absolute Gasteiger partial charge is 0.350 e. The van der Waals surface area contributed by atoms with Gasteiger partial charge in [-0.15, -0.1) is 0 Å². The van der Waals surface area contributed by atoms with Crippen LogP contribution in [-0.2, 0) is 9.53 Å². The Balaban J connectivity index is 1.56. The lowest BCUT2D eigenvalue weighted by atomic mass is 10.1. The molecule has 0 aliphatic carbocycles. The van der Waals surface area contributed by atoms with Crippen LogP contribution < -0.4 is 14.8 Å². The first-order valence-corrected chi connectivity index (χ1v) is 9.90. The number of carbonyl (C=O) groups excluding carboxylic acids is 2. The van der Waals surface area contributed by atoms with Gasteiger partial charge in [0.15, 0.2) is 16.6 Å². The lowest BCUT2D eigenvalue weighted by molar-refractivity contribution is -0.125. The molecular formula is C21H18N2O5S. The molecule has 1 N–H and O–H groups in total. The van der Waals surface area contributed by atoms with E-state index in [2.05, 4.69) is 10.3 Å². The fourth-order valence-electron chi connectivity index (χ4n) is 2.83. The average Bonchev–Trinajstić information content (AvgIpc) is 3.18. The summed E-state index contributed by atoms with van der Waals surface area (Å²) in [6.45, 7) is 2.08. The van der Waals surface area contributed by atoms with Crippen LogP contribution in [-0.4, -0.2) is 36.2 Å². The standard InChI is InChI=1S/C21H18N2O5S/c1-2-26-20(25)18-17(13-8-4-3-5-9-13)22-21(29-18)23-19(24)16-12-27-14-10-6-7-11-15(14)28-16/h3-11,16H,2,12H2,1H3,(H,22,23,24)/t16-/m0/s1. The van der Waals surface area contributed by atoms with E-state index in [4.69, 9.17) is 14.2 Å². The number of hydrogen-bond acceptors (Lipinski definition) is 7. The van der Waals surface area contributed by atoms with Gasteiger partial charge in [0.2, 0.25) is 6.10 Å². The number of esters is 1. The highest BCUT2D eigenvalue weighted by molar-refractivity contribution is 7.18. The number of thiazole rings is 1. The van der Waals surface area contributed by atoms with Crippen molar-refractivity contribution in [2.75, 3.05) is 18.5 Å². The van der Waals surface area contributed by atoms with Crippen molar-refractivity contribution >= 4 is 28.3 Å². The average molecular weight is 410 g/mol. The first-order chi connectivity index (χ1) is 14.2. The largest absolute Gasteiger partial charge is 0.485 e. The predicted molar refractivity (Wildman–Crippen MR) is 108 cm³/mol. The highest BCUT2D eigenvalue weighted by atomic mass is 32.1. The number of nitrogens with zero attached hydrogens (tertiary/aromatic N) is 1. The van der Waals surface area contributed by atoms with Gasteiger partial charge >= 0.3 is 5.97 Å². The number of carbonyl (C=O) groups is 2. The van der Waals surface area contributed by atoms with Crippen LogP contribution >= 0.6 is 11.3 Å². The summed E-state index contributed by atoms with van der Waals surface area (Å²) in [4.78, 5) is 29.8.